The second-order valence-corrected chi connectivity index (χ2v) is 6.70. The van der Waals surface area contributed by atoms with Gasteiger partial charge < -0.3 is 14.5 Å². The lowest BCUT2D eigenvalue weighted by atomic mass is 9.93. The van der Waals surface area contributed by atoms with Gasteiger partial charge in [0.1, 0.15) is 11.2 Å². The number of rotatable bonds is 4. The van der Waals surface area contributed by atoms with Crippen molar-refractivity contribution in [3.05, 3.63) is 89.3 Å². The first-order chi connectivity index (χ1) is 12.7. The van der Waals surface area contributed by atoms with E-state index in [1.807, 2.05) is 60.7 Å². The van der Waals surface area contributed by atoms with Gasteiger partial charge in [0.25, 0.3) is 5.91 Å². The molecule has 3 aromatic rings. The lowest BCUT2D eigenvalue weighted by Gasteiger charge is -2.23. The third kappa shape index (κ3) is 3.13. The quantitative estimate of drug-likeness (QED) is 0.787. The number of hydrogen-bond acceptors (Lipinski definition) is 4. The summed E-state index contributed by atoms with van der Waals surface area (Å²) in [6.45, 7) is 0.770. The summed E-state index contributed by atoms with van der Waals surface area (Å²) in [6.07, 6.45) is 2.50. The third-order valence-electron chi connectivity index (χ3n) is 4.93. The summed E-state index contributed by atoms with van der Waals surface area (Å²) in [5.74, 6) is 0.403. The summed E-state index contributed by atoms with van der Waals surface area (Å²) in [7, 11) is 0. The number of aliphatic hydroxyl groups is 1. The monoisotopic (exact) mass is 348 g/mol. The Balaban J connectivity index is 1.52. The van der Waals surface area contributed by atoms with E-state index in [1.165, 1.54) is 6.20 Å². The van der Waals surface area contributed by atoms with E-state index in [1.54, 1.807) is 4.90 Å². The van der Waals surface area contributed by atoms with Gasteiger partial charge in [-0.2, -0.15) is 0 Å². The van der Waals surface area contributed by atoms with Gasteiger partial charge in [-0.1, -0.05) is 65.8 Å². The van der Waals surface area contributed by atoms with Crippen LogP contribution in [0.2, 0.25) is 0 Å². The van der Waals surface area contributed by atoms with Crippen molar-refractivity contribution >= 4 is 5.91 Å². The largest absolute Gasteiger partial charge is 0.383 e. The molecule has 0 spiro atoms. The van der Waals surface area contributed by atoms with Gasteiger partial charge in [-0.25, -0.2) is 0 Å². The van der Waals surface area contributed by atoms with Crippen LogP contribution >= 0.6 is 0 Å². The van der Waals surface area contributed by atoms with Crippen molar-refractivity contribution in [3.63, 3.8) is 0 Å². The molecule has 2 aromatic carbocycles. The maximum Gasteiger partial charge on any atom is 0.259 e. The Hall–Kier alpha value is -2.92. The van der Waals surface area contributed by atoms with E-state index in [4.69, 9.17) is 4.52 Å². The Morgan fingerprint density at radius 3 is 2.54 bits per heavy atom. The van der Waals surface area contributed by atoms with E-state index in [2.05, 4.69) is 5.16 Å². The van der Waals surface area contributed by atoms with Gasteiger partial charge in [0.05, 0.1) is 12.7 Å². The predicted octanol–water partition coefficient (Wildman–Crippen LogP) is 3.00. The molecule has 1 aliphatic rings. The highest BCUT2D eigenvalue weighted by atomic mass is 16.5. The van der Waals surface area contributed by atoms with Crippen LogP contribution in [-0.2, 0) is 12.0 Å². The van der Waals surface area contributed by atoms with Crippen LogP contribution in [0.3, 0.4) is 0 Å². The fourth-order valence-corrected chi connectivity index (χ4v) is 3.47. The van der Waals surface area contributed by atoms with Crippen LogP contribution in [0.15, 0.2) is 71.4 Å². The van der Waals surface area contributed by atoms with E-state index in [9.17, 15) is 9.90 Å². The minimum atomic E-state index is -1.01. The van der Waals surface area contributed by atoms with Gasteiger partial charge in [0.15, 0.2) is 5.76 Å². The molecule has 1 saturated heterocycles. The summed E-state index contributed by atoms with van der Waals surface area (Å²) in [5, 5.41) is 14.8. The molecule has 1 aliphatic heterocycles. The number of benzene rings is 2. The Morgan fingerprint density at radius 1 is 1.12 bits per heavy atom. The zero-order chi connectivity index (χ0) is 18.0. The Morgan fingerprint density at radius 2 is 1.81 bits per heavy atom. The van der Waals surface area contributed by atoms with E-state index in [0.717, 1.165) is 11.1 Å². The van der Waals surface area contributed by atoms with Crippen molar-refractivity contribution < 1.29 is 14.4 Å². The average molecular weight is 348 g/mol. The number of nitrogens with zero attached hydrogens (tertiary/aromatic N) is 2. The molecule has 0 bridgehead atoms. The van der Waals surface area contributed by atoms with Crippen LogP contribution in [0.4, 0.5) is 0 Å². The standard InChI is InChI=1S/C21H20N2O3/c24-20(18-14-22-26-19(18)13-16-7-3-1-4-8-16)23-12-11-21(25,15-23)17-9-5-2-6-10-17/h1-10,14,25H,11-13,15H2. The lowest BCUT2D eigenvalue weighted by Crippen LogP contribution is -2.34. The number of carbonyl (C=O) groups excluding carboxylic acids is 1. The topological polar surface area (TPSA) is 66.6 Å². The molecular formula is C21H20N2O3. The molecule has 1 aromatic heterocycles. The van der Waals surface area contributed by atoms with Crippen molar-refractivity contribution in [2.45, 2.75) is 18.4 Å². The first kappa shape index (κ1) is 16.5. The number of β-amino-alcohol motifs (C(OH)–C–C–N with tert-alkyl or cyclic N) is 1. The molecule has 26 heavy (non-hydrogen) atoms. The summed E-state index contributed by atoms with van der Waals surface area (Å²) >= 11 is 0. The fraction of sp³-hybridized carbons (Fsp3) is 0.238. The summed E-state index contributed by atoms with van der Waals surface area (Å²) in [5.41, 5.74) is 1.35. The Kier molecular flexibility index (Phi) is 4.31. The summed E-state index contributed by atoms with van der Waals surface area (Å²) in [4.78, 5) is 14.6. The first-order valence-electron chi connectivity index (χ1n) is 8.70. The van der Waals surface area contributed by atoms with Crippen LogP contribution in [0, 0.1) is 0 Å². The molecule has 5 nitrogen and oxygen atoms in total. The molecule has 132 valence electrons. The van der Waals surface area contributed by atoms with Gasteiger partial charge in [0, 0.05) is 13.0 Å². The summed E-state index contributed by atoms with van der Waals surface area (Å²) in [6, 6.07) is 19.3. The van der Waals surface area contributed by atoms with E-state index < -0.39 is 5.60 Å². The molecule has 0 radical (unpaired) electrons. The smallest absolute Gasteiger partial charge is 0.259 e. The number of carbonyl (C=O) groups is 1. The zero-order valence-corrected chi connectivity index (χ0v) is 14.3. The van der Waals surface area contributed by atoms with Crippen molar-refractivity contribution in [1.82, 2.24) is 10.1 Å². The van der Waals surface area contributed by atoms with Crippen molar-refractivity contribution in [1.29, 1.82) is 0 Å². The van der Waals surface area contributed by atoms with Gasteiger partial charge in [0.2, 0.25) is 0 Å². The molecule has 4 rings (SSSR count). The normalized spacial score (nSPS) is 19.7. The molecule has 0 aliphatic carbocycles. The maximum absolute atomic E-state index is 13.0. The average Bonchev–Trinajstić information content (AvgIpc) is 3.30. The second-order valence-electron chi connectivity index (χ2n) is 6.70. The number of hydrogen-bond donors (Lipinski definition) is 1. The zero-order valence-electron chi connectivity index (χ0n) is 14.3. The molecule has 1 atom stereocenters. The van der Waals surface area contributed by atoms with Crippen LogP contribution < -0.4 is 0 Å². The molecule has 1 amide bonds. The third-order valence-corrected chi connectivity index (χ3v) is 4.93. The number of aromatic nitrogens is 1. The molecule has 2 heterocycles. The van der Waals surface area contributed by atoms with Crippen molar-refractivity contribution in [3.8, 4) is 0 Å². The van der Waals surface area contributed by atoms with Crippen LogP contribution in [0.1, 0.15) is 33.7 Å². The highest BCUT2D eigenvalue weighted by molar-refractivity contribution is 5.95. The van der Waals surface area contributed by atoms with E-state index in [0.29, 0.717) is 30.7 Å². The minimum Gasteiger partial charge on any atom is -0.383 e. The predicted molar refractivity (Wildman–Crippen MR) is 96.6 cm³/mol. The molecule has 0 saturated carbocycles. The van der Waals surface area contributed by atoms with Gasteiger partial charge >= 0.3 is 0 Å². The molecular weight excluding hydrogens is 328 g/mol. The highest BCUT2D eigenvalue weighted by Gasteiger charge is 2.40. The Labute approximate surface area is 151 Å². The lowest BCUT2D eigenvalue weighted by molar-refractivity contribution is 0.0416. The van der Waals surface area contributed by atoms with Gasteiger partial charge in [-0.05, 0) is 17.5 Å². The molecule has 5 heteroatoms. The van der Waals surface area contributed by atoms with Gasteiger partial charge in [-0.15, -0.1) is 0 Å². The molecule has 1 fully saturated rings. The molecule has 1 N–H and O–H groups in total. The fourth-order valence-electron chi connectivity index (χ4n) is 3.47. The first-order valence-corrected chi connectivity index (χ1v) is 8.70. The van der Waals surface area contributed by atoms with Crippen LogP contribution in [0.5, 0.6) is 0 Å². The highest BCUT2D eigenvalue weighted by Crippen LogP contribution is 2.33. The van der Waals surface area contributed by atoms with E-state index >= 15 is 0 Å². The minimum absolute atomic E-state index is 0.149. The molecule has 1 unspecified atom stereocenters. The summed E-state index contributed by atoms with van der Waals surface area (Å²) < 4.78 is 5.33. The van der Waals surface area contributed by atoms with E-state index in [-0.39, 0.29) is 12.5 Å². The number of amides is 1. The van der Waals surface area contributed by atoms with Crippen LogP contribution in [-0.4, -0.2) is 34.2 Å². The van der Waals surface area contributed by atoms with Crippen LogP contribution in [0.25, 0.3) is 0 Å². The van der Waals surface area contributed by atoms with Crippen molar-refractivity contribution in [2.24, 2.45) is 0 Å². The Bertz CT molecular complexity index is 892. The number of likely N-dealkylation sites (tertiary alicyclic amines) is 1. The van der Waals surface area contributed by atoms with Crippen molar-refractivity contribution in [2.75, 3.05) is 13.1 Å². The van der Waals surface area contributed by atoms with Gasteiger partial charge in [-0.3, -0.25) is 4.79 Å². The maximum atomic E-state index is 13.0. The second kappa shape index (κ2) is 6.77. The SMILES string of the molecule is O=C(c1cnoc1Cc1ccccc1)N1CCC(O)(c2ccccc2)C1.